The van der Waals surface area contributed by atoms with Gasteiger partial charge in [-0.05, 0) is 49.1 Å². The second kappa shape index (κ2) is 10.8. The van der Waals surface area contributed by atoms with Crippen LogP contribution in [-0.2, 0) is 14.3 Å². The molecule has 1 aromatic heterocycles. The molecule has 3 aromatic rings. The van der Waals surface area contributed by atoms with Gasteiger partial charge in [-0.3, -0.25) is 4.79 Å². The molecule has 1 aliphatic rings. The number of methoxy groups -OCH3 is 1. The number of ether oxygens (including phenoxy) is 3. The van der Waals surface area contributed by atoms with Crippen molar-refractivity contribution in [3.63, 3.8) is 0 Å². The maximum atomic E-state index is 12.3. The summed E-state index contributed by atoms with van der Waals surface area (Å²) in [7, 11) is 1.50. The van der Waals surface area contributed by atoms with Crippen LogP contribution in [0.2, 0.25) is 0 Å². The quantitative estimate of drug-likeness (QED) is 0.379. The van der Waals surface area contributed by atoms with E-state index in [1.165, 1.54) is 13.4 Å². The zero-order valence-electron chi connectivity index (χ0n) is 18.6. The summed E-state index contributed by atoms with van der Waals surface area (Å²) in [5, 5.41) is 3.48. The Morgan fingerprint density at radius 2 is 1.82 bits per heavy atom. The van der Waals surface area contributed by atoms with Crippen LogP contribution in [0, 0.1) is 5.92 Å². The van der Waals surface area contributed by atoms with Crippen LogP contribution in [-0.4, -0.2) is 35.9 Å². The van der Waals surface area contributed by atoms with E-state index in [0.717, 1.165) is 41.9 Å². The molecule has 4 rings (SSSR count). The van der Waals surface area contributed by atoms with Gasteiger partial charge in [0, 0.05) is 13.2 Å². The van der Waals surface area contributed by atoms with Gasteiger partial charge in [0.1, 0.15) is 29.5 Å². The lowest BCUT2D eigenvalue weighted by molar-refractivity contribution is -0.160. The maximum Gasteiger partial charge on any atom is 0.311 e. The van der Waals surface area contributed by atoms with Crippen LogP contribution in [0.25, 0.3) is 11.1 Å². The van der Waals surface area contributed by atoms with E-state index in [1.54, 1.807) is 0 Å². The van der Waals surface area contributed by atoms with Crippen LogP contribution >= 0.6 is 0 Å². The number of hydrogen-bond acceptors (Lipinski definition) is 8. The van der Waals surface area contributed by atoms with Crippen molar-refractivity contribution >= 4 is 17.6 Å². The molecule has 1 saturated carbocycles. The first-order valence-electron chi connectivity index (χ1n) is 11.0. The van der Waals surface area contributed by atoms with E-state index in [-0.39, 0.29) is 24.7 Å². The highest BCUT2D eigenvalue weighted by Gasteiger charge is 2.29. The van der Waals surface area contributed by atoms with Crippen LogP contribution in [0.5, 0.6) is 11.5 Å². The number of aromatic nitrogens is 2. The number of nitrogens with one attached hydrogen (secondary N) is 1. The Kier molecular flexibility index (Phi) is 7.36. The topological polar surface area (TPSA) is 109 Å². The Bertz CT molecular complexity index is 1060. The van der Waals surface area contributed by atoms with Gasteiger partial charge >= 0.3 is 5.97 Å². The van der Waals surface area contributed by atoms with Gasteiger partial charge in [0.2, 0.25) is 0 Å². The fourth-order valence-corrected chi connectivity index (χ4v) is 4.07. The molecule has 0 saturated heterocycles. The minimum absolute atomic E-state index is 0.0238. The van der Waals surface area contributed by atoms with Crippen LogP contribution < -0.4 is 15.8 Å². The molecule has 0 amide bonds. The third-order valence-corrected chi connectivity index (χ3v) is 5.67. The lowest BCUT2D eigenvalue weighted by Crippen LogP contribution is -2.32. The monoisotopic (exact) mass is 448 g/mol. The SMILES string of the molecule is COCOC(=O)[C@@H]1CCC[C@H](Nc2ncnc(N)c2-c2ccc(Oc3ccccc3)cc2)C1. The molecule has 0 bridgehead atoms. The van der Waals surface area contributed by atoms with E-state index in [4.69, 9.17) is 19.9 Å². The van der Waals surface area contributed by atoms with E-state index in [1.807, 2.05) is 54.6 Å². The lowest BCUT2D eigenvalue weighted by Gasteiger charge is -2.29. The van der Waals surface area contributed by atoms with Gasteiger partial charge < -0.3 is 25.3 Å². The molecular formula is C25H28N4O4. The van der Waals surface area contributed by atoms with Gasteiger partial charge in [0.25, 0.3) is 0 Å². The van der Waals surface area contributed by atoms with Crippen molar-refractivity contribution in [2.24, 2.45) is 5.92 Å². The van der Waals surface area contributed by atoms with Crippen molar-refractivity contribution in [2.75, 3.05) is 25.0 Å². The van der Waals surface area contributed by atoms with E-state index in [0.29, 0.717) is 18.1 Å². The number of benzene rings is 2. The first-order chi connectivity index (χ1) is 16.1. The number of carbonyl (C=O) groups is 1. The molecule has 172 valence electrons. The Labute approximate surface area is 193 Å². The summed E-state index contributed by atoms with van der Waals surface area (Å²) in [6, 6.07) is 17.3. The van der Waals surface area contributed by atoms with Crippen LogP contribution in [0.4, 0.5) is 11.6 Å². The normalized spacial score (nSPS) is 17.8. The summed E-state index contributed by atoms with van der Waals surface area (Å²) < 4.78 is 15.9. The van der Waals surface area contributed by atoms with Crippen LogP contribution in [0.3, 0.4) is 0 Å². The van der Waals surface area contributed by atoms with Crippen molar-refractivity contribution in [3.8, 4) is 22.6 Å². The molecule has 8 nitrogen and oxygen atoms in total. The predicted octanol–water partition coefficient (Wildman–Crippen LogP) is 4.64. The highest BCUT2D eigenvalue weighted by molar-refractivity contribution is 5.83. The Balaban J connectivity index is 1.49. The van der Waals surface area contributed by atoms with Gasteiger partial charge in [0.05, 0.1) is 11.5 Å². The third-order valence-electron chi connectivity index (χ3n) is 5.67. The van der Waals surface area contributed by atoms with Crippen molar-refractivity contribution < 1.29 is 19.0 Å². The molecular weight excluding hydrogens is 420 g/mol. The average molecular weight is 449 g/mol. The molecule has 2 aromatic carbocycles. The Morgan fingerprint density at radius 3 is 2.58 bits per heavy atom. The number of nitrogens with two attached hydrogens (primary N) is 1. The molecule has 1 aliphatic carbocycles. The molecule has 3 N–H and O–H groups in total. The maximum absolute atomic E-state index is 12.3. The number of nitrogen functional groups attached to an aromatic ring is 1. The fourth-order valence-electron chi connectivity index (χ4n) is 4.07. The van der Waals surface area contributed by atoms with Gasteiger partial charge in [-0.15, -0.1) is 0 Å². The van der Waals surface area contributed by atoms with Crippen LogP contribution in [0.1, 0.15) is 25.7 Å². The van der Waals surface area contributed by atoms with Gasteiger partial charge in [-0.2, -0.15) is 0 Å². The zero-order chi connectivity index (χ0) is 23.0. The number of anilines is 2. The Hall–Kier alpha value is -3.65. The largest absolute Gasteiger partial charge is 0.457 e. The van der Waals surface area contributed by atoms with Crippen LogP contribution in [0.15, 0.2) is 60.9 Å². The molecule has 0 aliphatic heterocycles. The van der Waals surface area contributed by atoms with Gasteiger partial charge in [0.15, 0.2) is 6.79 Å². The standard InChI is InChI=1S/C25H28N4O4/c1-31-16-32-25(30)18-6-5-7-19(14-18)29-24-22(23(26)27-15-28-24)17-10-12-21(13-11-17)33-20-8-3-2-4-9-20/h2-4,8-13,15,18-19H,5-7,14,16H2,1H3,(H3,26,27,28,29)/t18-,19+/m1/s1. The molecule has 8 heteroatoms. The predicted molar refractivity (Wildman–Crippen MR) is 126 cm³/mol. The number of rotatable bonds is 8. The molecule has 0 radical (unpaired) electrons. The molecule has 2 atom stereocenters. The van der Waals surface area contributed by atoms with E-state index in [2.05, 4.69) is 15.3 Å². The van der Waals surface area contributed by atoms with Gasteiger partial charge in [-0.25, -0.2) is 9.97 Å². The number of para-hydroxylation sites is 1. The number of nitrogens with zero attached hydrogens (tertiary/aromatic N) is 2. The first kappa shape index (κ1) is 22.5. The number of carbonyl (C=O) groups excluding carboxylic acids is 1. The smallest absolute Gasteiger partial charge is 0.311 e. The van der Waals surface area contributed by atoms with Crippen molar-refractivity contribution in [2.45, 2.75) is 31.7 Å². The minimum Gasteiger partial charge on any atom is -0.457 e. The highest BCUT2D eigenvalue weighted by atomic mass is 16.7. The van der Waals surface area contributed by atoms with Crippen molar-refractivity contribution in [1.82, 2.24) is 9.97 Å². The molecule has 0 spiro atoms. The van der Waals surface area contributed by atoms with Crippen molar-refractivity contribution in [1.29, 1.82) is 0 Å². The van der Waals surface area contributed by atoms with Gasteiger partial charge in [-0.1, -0.05) is 36.8 Å². The fraction of sp³-hybridized carbons (Fsp3) is 0.320. The third kappa shape index (κ3) is 5.78. The van der Waals surface area contributed by atoms with E-state index < -0.39 is 0 Å². The van der Waals surface area contributed by atoms with Crippen molar-refractivity contribution in [3.05, 3.63) is 60.9 Å². The zero-order valence-corrected chi connectivity index (χ0v) is 18.6. The second-order valence-electron chi connectivity index (χ2n) is 8.00. The summed E-state index contributed by atoms with van der Waals surface area (Å²) in [6.45, 7) is -0.0238. The lowest BCUT2D eigenvalue weighted by atomic mass is 9.85. The number of esters is 1. The molecule has 0 unspecified atom stereocenters. The second-order valence-corrected chi connectivity index (χ2v) is 8.00. The van der Waals surface area contributed by atoms with E-state index >= 15 is 0 Å². The highest BCUT2D eigenvalue weighted by Crippen LogP contribution is 2.35. The molecule has 33 heavy (non-hydrogen) atoms. The Morgan fingerprint density at radius 1 is 1.06 bits per heavy atom. The summed E-state index contributed by atoms with van der Waals surface area (Å²) in [4.78, 5) is 20.9. The average Bonchev–Trinajstić information content (AvgIpc) is 2.84. The summed E-state index contributed by atoms with van der Waals surface area (Å²) in [5.41, 5.74) is 7.85. The summed E-state index contributed by atoms with van der Waals surface area (Å²) in [6.07, 6.45) is 4.77. The van der Waals surface area contributed by atoms with E-state index in [9.17, 15) is 4.79 Å². The molecule has 1 heterocycles. The molecule has 1 fully saturated rings. The summed E-state index contributed by atoms with van der Waals surface area (Å²) in [5.74, 6) is 2.14. The number of hydrogen-bond donors (Lipinski definition) is 2. The minimum atomic E-state index is -0.222. The first-order valence-corrected chi connectivity index (χ1v) is 11.0. The summed E-state index contributed by atoms with van der Waals surface area (Å²) >= 11 is 0.